The highest BCUT2D eigenvalue weighted by Gasteiger charge is 2.22. The molecule has 2 nitrogen and oxygen atoms in total. The minimum absolute atomic E-state index is 0. The van der Waals surface area contributed by atoms with Crippen molar-refractivity contribution in [2.45, 2.75) is 53.4 Å². The van der Waals surface area contributed by atoms with Crippen LogP contribution in [0, 0.1) is 0 Å². The van der Waals surface area contributed by atoms with Crippen LogP contribution in [0.2, 0.25) is 0 Å². The van der Waals surface area contributed by atoms with Crippen LogP contribution in [0.15, 0.2) is 0 Å². The lowest BCUT2D eigenvalue weighted by Gasteiger charge is -2.38. The first-order valence-electron chi connectivity index (χ1n) is 6.09. The summed E-state index contributed by atoms with van der Waals surface area (Å²) in [6, 6.07) is 0. The standard InChI is InChI=1S/C12H28N.H3N/c1-5-9-13(10-6-2,11-7-3)12-8-4;/h5-12H2,1-4H3;1H3/q+1;. The van der Waals surface area contributed by atoms with Crippen molar-refractivity contribution < 1.29 is 4.48 Å². The van der Waals surface area contributed by atoms with Crippen molar-refractivity contribution in [3.8, 4) is 0 Å². The molecule has 3 N–H and O–H groups in total. The van der Waals surface area contributed by atoms with Gasteiger partial charge < -0.3 is 10.6 Å². The summed E-state index contributed by atoms with van der Waals surface area (Å²) in [5.74, 6) is 0. The highest BCUT2D eigenvalue weighted by Crippen LogP contribution is 2.12. The molecule has 0 aliphatic carbocycles. The van der Waals surface area contributed by atoms with Crippen molar-refractivity contribution in [1.82, 2.24) is 6.15 Å². The van der Waals surface area contributed by atoms with Gasteiger partial charge >= 0.3 is 0 Å². The van der Waals surface area contributed by atoms with E-state index in [1.807, 2.05) is 0 Å². The molecule has 0 spiro atoms. The molecule has 0 fully saturated rings. The van der Waals surface area contributed by atoms with Crippen LogP contribution in [0.3, 0.4) is 0 Å². The average Bonchev–Trinajstić information content (AvgIpc) is 2.06. The summed E-state index contributed by atoms with van der Waals surface area (Å²) in [4.78, 5) is 0. The lowest BCUT2D eigenvalue weighted by molar-refractivity contribution is -0.928. The van der Waals surface area contributed by atoms with Crippen LogP contribution < -0.4 is 6.15 Å². The monoisotopic (exact) mass is 203 g/mol. The second-order valence-corrected chi connectivity index (χ2v) is 4.24. The Morgan fingerprint density at radius 2 is 0.786 bits per heavy atom. The fourth-order valence-corrected chi connectivity index (χ4v) is 2.57. The fourth-order valence-electron chi connectivity index (χ4n) is 2.57. The number of nitrogens with zero attached hydrogens (tertiary/aromatic N) is 1. The maximum Gasteiger partial charge on any atom is 0.0783 e. The Morgan fingerprint density at radius 1 is 0.571 bits per heavy atom. The van der Waals surface area contributed by atoms with Crippen LogP contribution in [0.25, 0.3) is 0 Å². The highest BCUT2D eigenvalue weighted by molar-refractivity contribution is 4.43. The lowest BCUT2D eigenvalue weighted by Crippen LogP contribution is -2.50. The van der Waals surface area contributed by atoms with Crippen molar-refractivity contribution in [1.29, 1.82) is 0 Å². The minimum Gasteiger partial charge on any atom is -0.344 e. The van der Waals surface area contributed by atoms with Gasteiger partial charge in [-0.05, 0) is 25.7 Å². The summed E-state index contributed by atoms with van der Waals surface area (Å²) in [6.45, 7) is 14.8. The summed E-state index contributed by atoms with van der Waals surface area (Å²) in [5, 5.41) is 0. The third kappa shape index (κ3) is 5.61. The van der Waals surface area contributed by atoms with Gasteiger partial charge in [0.25, 0.3) is 0 Å². The lowest BCUT2D eigenvalue weighted by atomic mass is 10.2. The molecule has 0 saturated heterocycles. The van der Waals surface area contributed by atoms with Crippen LogP contribution in [0.5, 0.6) is 0 Å². The Morgan fingerprint density at radius 3 is 0.929 bits per heavy atom. The number of hydrogen-bond donors (Lipinski definition) is 1. The van der Waals surface area contributed by atoms with Crippen LogP contribution in [0.4, 0.5) is 0 Å². The van der Waals surface area contributed by atoms with Gasteiger partial charge in [-0.2, -0.15) is 0 Å². The Hall–Kier alpha value is -0.0800. The molecule has 0 bridgehead atoms. The van der Waals surface area contributed by atoms with E-state index in [-0.39, 0.29) is 6.15 Å². The SMILES string of the molecule is CCC[N+](CCC)(CCC)CCC.N. The predicted octanol–water partition coefficient (Wildman–Crippen LogP) is 3.61. The predicted molar refractivity (Wildman–Crippen MR) is 65.9 cm³/mol. The van der Waals surface area contributed by atoms with Gasteiger partial charge in [0.05, 0.1) is 26.2 Å². The first-order chi connectivity index (χ1) is 6.24. The summed E-state index contributed by atoms with van der Waals surface area (Å²) in [7, 11) is 0. The van der Waals surface area contributed by atoms with E-state index in [2.05, 4.69) is 27.7 Å². The number of hydrogen-bond acceptors (Lipinski definition) is 1. The first-order valence-corrected chi connectivity index (χ1v) is 6.09. The third-order valence-electron chi connectivity index (χ3n) is 2.79. The van der Waals surface area contributed by atoms with E-state index in [9.17, 15) is 0 Å². The van der Waals surface area contributed by atoms with Gasteiger partial charge in [-0.3, -0.25) is 0 Å². The summed E-state index contributed by atoms with van der Waals surface area (Å²) < 4.78 is 1.38. The molecule has 0 aliphatic rings. The van der Waals surface area contributed by atoms with Crippen LogP contribution in [-0.4, -0.2) is 30.7 Å². The molecule has 0 atom stereocenters. The Bertz CT molecular complexity index is 83.4. The van der Waals surface area contributed by atoms with Gasteiger partial charge in [0.1, 0.15) is 0 Å². The van der Waals surface area contributed by atoms with Crippen molar-refractivity contribution in [2.24, 2.45) is 0 Å². The number of rotatable bonds is 8. The Kier molecular flexibility index (Phi) is 11.1. The molecule has 0 rings (SSSR count). The van der Waals surface area contributed by atoms with E-state index in [0.29, 0.717) is 0 Å². The highest BCUT2D eigenvalue weighted by atomic mass is 15.3. The van der Waals surface area contributed by atoms with E-state index in [1.54, 1.807) is 0 Å². The van der Waals surface area contributed by atoms with Crippen molar-refractivity contribution >= 4 is 0 Å². The number of quaternary nitrogens is 1. The maximum absolute atomic E-state index is 2.31. The van der Waals surface area contributed by atoms with E-state index in [4.69, 9.17) is 0 Å². The molecule has 0 heterocycles. The molecule has 0 aromatic rings. The van der Waals surface area contributed by atoms with E-state index in [0.717, 1.165) is 0 Å². The Balaban J connectivity index is 0. The second-order valence-electron chi connectivity index (χ2n) is 4.24. The largest absolute Gasteiger partial charge is 0.344 e. The zero-order chi connectivity index (χ0) is 10.2. The molecular weight excluding hydrogens is 172 g/mol. The summed E-state index contributed by atoms with van der Waals surface area (Å²) >= 11 is 0. The van der Waals surface area contributed by atoms with Gasteiger partial charge in [0.15, 0.2) is 0 Å². The van der Waals surface area contributed by atoms with Crippen molar-refractivity contribution in [2.75, 3.05) is 26.2 Å². The Labute approximate surface area is 90.9 Å². The zero-order valence-electron chi connectivity index (χ0n) is 10.8. The van der Waals surface area contributed by atoms with Gasteiger partial charge in [0, 0.05) is 0 Å². The van der Waals surface area contributed by atoms with Crippen LogP contribution >= 0.6 is 0 Å². The molecule has 0 amide bonds. The normalized spacial score (nSPS) is 11.1. The van der Waals surface area contributed by atoms with Crippen molar-refractivity contribution in [3.05, 3.63) is 0 Å². The fraction of sp³-hybridized carbons (Fsp3) is 1.00. The third-order valence-corrected chi connectivity index (χ3v) is 2.79. The molecule has 2 heteroatoms. The van der Waals surface area contributed by atoms with Gasteiger partial charge in [0.2, 0.25) is 0 Å². The molecule has 0 aromatic carbocycles. The van der Waals surface area contributed by atoms with E-state index < -0.39 is 0 Å². The molecular formula is C12H31N2+. The van der Waals surface area contributed by atoms with Crippen LogP contribution in [0.1, 0.15) is 53.4 Å². The summed E-state index contributed by atoms with van der Waals surface area (Å²) in [5.41, 5.74) is 0. The minimum atomic E-state index is 0. The summed E-state index contributed by atoms with van der Waals surface area (Å²) in [6.07, 6.45) is 5.33. The second kappa shape index (κ2) is 9.47. The first kappa shape index (κ1) is 16.4. The van der Waals surface area contributed by atoms with Gasteiger partial charge in [-0.1, -0.05) is 27.7 Å². The van der Waals surface area contributed by atoms with Crippen LogP contribution in [-0.2, 0) is 0 Å². The van der Waals surface area contributed by atoms with Gasteiger partial charge in [-0.25, -0.2) is 0 Å². The van der Waals surface area contributed by atoms with Crippen molar-refractivity contribution in [3.63, 3.8) is 0 Å². The molecule has 0 aromatic heterocycles. The molecule has 14 heavy (non-hydrogen) atoms. The van der Waals surface area contributed by atoms with E-state index >= 15 is 0 Å². The van der Waals surface area contributed by atoms with E-state index in [1.165, 1.54) is 56.3 Å². The molecule has 0 radical (unpaired) electrons. The maximum atomic E-state index is 2.31. The topological polar surface area (TPSA) is 35.0 Å². The quantitative estimate of drug-likeness (QED) is 0.601. The molecule has 0 aliphatic heterocycles. The van der Waals surface area contributed by atoms with Gasteiger partial charge in [-0.15, -0.1) is 0 Å². The molecule has 88 valence electrons. The molecule has 0 saturated carbocycles. The average molecular weight is 203 g/mol. The molecule has 0 unspecified atom stereocenters. The zero-order valence-corrected chi connectivity index (χ0v) is 10.8. The smallest absolute Gasteiger partial charge is 0.0783 e.